The van der Waals surface area contributed by atoms with E-state index < -0.39 is 0 Å². The van der Waals surface area contributed by atoms with Crippen molar-refractivity contribution in [1.82, 2.24) is 0 Å². The first-order valence-corrected chi connectivity index (χ1v) is 7.46. The van der Waals surface area contributed by atoms with Crippen molar-refractivity contribution in [3.63, 3.8) is 0 Å². The summed E-state index contributed by atoms with van der Waals surface area (Å²) in [6.07, 6.45) is 6.55. The molecule has 0 saturated heterocycles. The molecule has 16 heavy (non-hydrogen) atoms. The Bertz CT molecular complexity index is 328. The van der Waals surface area contributed by atoms with E-state index in [2.05, 4.69) is 6.92 Å². The number of rotatable bonds is 3. The molecule has 1 aromatic heterocycles. The topological polar surface area (TPSA) is 26.0 Å². The third-order valence-corrected chi connectivity index (χ3v) is 5.38. The van der Waals surface area contributed by atoms with E-state index >= 15 is 0 Å². The fraction of sp³-hybridized carbons (Fsp3) is 0.692. The molecule has 0 spiro atoms. The maximum absolute atomic E-state index is 6.33. The van der Waals surface area contributed by atoms with Gasteiger partial charge in [0.05, 0.1) is 5.02 Å². The summed E-state index contributed by atoms with van der Waals surface area (Å²) in [6.45, 7) is 2.29. The molecule has 1 aliphatic carbocycles. The van der Waals surface area contributed by atoms with E-state index in [1.807, 2.05) is 11.4 Å². The van der Waals surface area contributed by atoms with Crippen LogP contribution in [0.25, 0.3) is 0 Å². The van der Waals surface area contributed by atoms with Crippen LogP contribution < -0.4 is 5.73 Å². The largest absolute Gasteiger partial charge is 0.323 e. The van der Waals surface area contributed by atoms with Crippen molar-refractivity contribution >= 4 is 22.9 Å². The van der Waals surface area contributed by atoms with Crippen LogP contribution in [0.4, 0.5) is 0 Å². The first-order valence-electron chi connectivity index (χ1n) is 6.20. The quantitative estimate of drug-likeness (QED) is 0.840. The summed E-state index contributed by atoms with van der Waals surface area (Å²) in [7, 11) is 0. The second-order valence-electron chi connectivity index (χ2n) is 4.85. The van der Waals surface area contributed by atoms with Gasteiger partial charge < -0.3 is 5.73 Å². The molecule has 1 aromatic rings. The zero-order valence-electron chi connectivity index (χ0n) is 9.79. The lowest BCUT2D eigenvalue weighted by Gasteiger charge is -2.31. The lowest BCUT2D eigenvalue weighted by Crippen LogP contribution is -2.25. The predicted molar refractivity (Wildman–Crippen MR) is 72.0 cm³/mol. The summed E-state index contributed by atoms with van der Waals surface area (Å²) >= 11 is 7.84. The van der Waals surface area contributed by atoms with Gasteiger partial charge in [-0.05, 0) is 36.1 Å². The Balaban J connectivity index is 1.97. The molecule has 1 nitrogen and oxygen atoms in total. The molecule has 1 fully saturated rings. The molecule has 3 heteroatoms. The lowest BCUT2D eigenvalue weighted by atomic mass is 9.77. The fourth-order valence-corrected chi connectivity index (χ4v) is 3.99. The molecule has 0 aromatic carbocycles. The van der Waals surface area contributed by atoms with Crippen molar-refractivity contribution in [2.75, 3.05) is 0 Å². The molecular weight excluding hydrogens is 238 g/mol. The van der Waals surface area contributed by atoms with Crippen LogP contribution in [0.2, 0.25) is 5.02 Å². The minimum absolute atomic E-state index is 0.158. The SMILES string of the molecule is CCC1CCC(C(N)c2sccc2Cl)CC1. The van der Waals surface area contributed by atoms with Crippen molar-refractivity contribution in [3.8, 4) is 0 Å². The van der Waals surface area contributed by atoms with Gasteiger partial charge in [-0.25, -0.2) is 0 Å². The van der Waals surface area contributed by atoms with Gasteiger partial charge in [-0.3, -0.25) is 0 Å². The molecular formula is C13H20ClNS. The molecule has 0 radical (unpaired) electrons. The highest BCUT2D eigenvalue weighted by atomic mass is 35.5. The second-order valence-corrected chi connectivity index (χ2v) is 6.20. The van der Waals surface area contributed by atoms with E-state index in [0.717, 1.165) is 10.9 Å². The molecule has 0 bridgehead atoms. The van der Waals surface area contributed by atoms with Crippen LogP contribution in [0.3, 0.4) is 0 Å². The van der Waals surface area contributed by atoms with Gasteiger partial charge in [-0.1, -0.05) is 37.8 Å². The average Bonchev–Trinajstić information content (AvgIpc) is 2.75. The Morgan fingerprint density at radius 3 is 2.62 bits per heavy atom. The van der Waals surface area contributed by atoms with Gasteiger partial charge in [-0.2, -0.15) is 0 Å². The minimum atomic E-state index is 0.158. The molecule has 2 rings (SSSR count). The Kier molecular flexibility index (Phi) is 4.28. The first-order chi connectivity index (χ1) is 7.72. The van der Waals surface area contributed by atoms with Crippen LogP contribution in [0, 0.1) is 11.8 Å². The maximum Gasteiger partial charge on any atom is 0.0561 e. The summed E-state index contributed by atoms with van der Waals surface area (Å²) in [5.41, 5.74) is 6.33. The zero-order chi connectivity index (χ0) is 11.5. The van der Waals surface area contributed by atoms with Crippen LogP contribution >= 0.6 is 22.9 Å². The van der Waals surface area contributed by atoms with Gasteiger partial charge in [0.1, 0.15) is 0 Å². The van der Waals surface area contributed by atoms with E-state index in [4.69, 9.17) is 17.3 Å². The molecule has 0 amide bonds. The summed E-state index contributed by atoms with van der Waals surface area (Å²) < 4.78 is 0. The standard InChI is InChI=1S/C13H20ClNS/c1-2-9-3-5-10(6-4-9)12(15)13-11(14)7-8-16-13/h7-10,12H,2-6,15H2,1H3. The van der Waals surface area contributed by atoms with Crippen molar-refractivity contribution in [2.45, 2.75) is 45.1 Å². The van der Waals surface area contributed by atoms with Gasteiger partial charge in [0.2, 0.25) is 0 Å². The molecule has 2 N–H and O–H groups in total. The van der Waals surface area contributed by atoms with E-state index in [1.165, 1.54) is 37.0 Å². The van der Waals surface area contributed by atoms with Crippen LogP contribution in [-0.4, -0.2) is 0 Å². The Morgan fingerprint density at radius 1 is 1.44 bits per heavy atom. The second kappa shape index (κ2) is 5.52. The summed E-state index contributed by atoms with van der Waals surface area (Å²) in [5, 5.41) is 2.89. The molecule has 1 unspecified atom stereocenters. The van der Waals surface area contributed by atoms with Crippen molar-refractivity contribution in [2.24, 2.45) is 17.6 Å². The molecule has 1 atom stereocenters. The average molecular weight is 258 g/mol. The zero-order valence-corrected chi connectivity index (χ0v) is 11.4. The minimum Gasteiger partial charge on any atom is -0.323 e. The van der Waals surface area contributed by atoms with Crippen molar-refractivity contribution in [1.29, 1.82) is 0 Å². The van der Waals surface area contributed by atoms with E-state index in [-0.39, 0.29) is 6.04 Å². The predicted octanol–water partition coefficient (Wildman–Crippen LogP) is 4.62. The van der Waals surface area contributed by atoms with Crippen LogP contribution in [0.5, 0.6) is 0 Å². The van der Waals surface area contributed by atoms with Gasteiger partial charge in [0.25, 0.3) is 0 Å². The van der Waals surface area contributed by atoms with Crippen LogP contribution in [0.15, 0.2) is 11.4 Å². The van der Waals surface area contributed by atoms with Crippen molar-refractivity contribution in [3.05, 3.63) is 21.3 Å². The summed E-state index contributed by atoms with van der Waals surface area (Å²) in [4.78, 5) is 1.18. The molecule has 90 valence electrons. The fourth-order valence-electron chi connectivity index (χ4n) is 2.71. The Hall–Kier alpha value is -0.0500. The Labute approximate surface area is 107 Å². The summed E-state index contributed by atoms with van der Waals surface area (Å²) in [5.74, 6) is 1.57. The highest BCUT2D eigenvalue weighted by Crippen LogP contribution is 2.40. The molecule has 1 aliphatic rings. The van der Waals surface area contributed by atoms with Crippen LogP contribution in [-0.2, 0) is 0 Å². The first kappa shape index (κ1) is 12.4. The number of hydrogen-bond donors (Lipinski definition) is 1. The number of hydrogen-bond acceptors (Lipinski definition) is 2. The van der Waals surface area contributed by atoms with Gasteiger partial charge >= 0.3 is 0 Å². The monoisotopic (exact) mass is 257 g/mol. The van der Waals surface area contributed by atoms with Gasteiger partial charge in [-0.15, -0.1) is 11.3 Å². The van der Waals surface area contributed by atoms with Gasteiger partial charge in [0.15, 0.2) is 0 Å². The van der Waals surface area contributed by atoms with E-state index in [0.29, 0.717) is 5.92 Å². The summed E-state index contributed by atoms with van der Waals surface area (Å²) in [6, 6.07) is 2.12. The van der Waals surface area contributed by atoms with Crippen molar-refractivity contribution < 1.29 is 0 Å². The molecule has 0 aliphatic heterocycles. The Morgan fingerprint density at radius 2 is 2.12 bits per heavy atom. The third kappa shape index (κ3) is 2.61. The third-order valence-electron chi connectivity index (χ3n) is 3.92. The van der Waals surface area contributed by atoms with Gasteiger partial charge in [0, 0.05) is 10.9 Å². The smallest absolute Gasteiger partial charge is 0.0561 e. The van der Waals surface area contributed by atoms with E-state index in [1.54, 1.807) is 11.3 Å². The van der Waals surface area contributed by atoms with E-state index in [9.17, 15) is 0 Å². The number of thiophene rings is 1. The van der Waals surface area contributed by atoms with Crippen LogP contribution in [0.1, 0.15) is 49.9 Å². The highest BCUT2D eigenvalue weighted by molar-refractivity contribution is 7.10. The maximum atomic E-state index is 6.33. The number of nitrogens with two attached hydrogens (primary N) is 1. The normalized spacial score (nSPS) is 27.9. The lowest BCUT2D eigenvalue weighted by molar-refractivity contribution is 0.241. The molecule has 1 heterocycles. The highest BCUT2D eigenvalue weighted by Gasteiger charge is 2.27. The molecule has 1 saturated carbocycles. The number of halogens is 1.